The Morgan fingerprint density at radius 1 is 1.19 bits per heavy atom. The van der Waals surface area contributed by atoms with Crippen LogP contribution in [0, 0.1) is 5.92 Å². The minimum atomic E-state index is -0.482. The highest BCUT2D eigenvalue weighted by atomic mass is 16.5. The summed E-state index contributed by atoms with van der Waals surface area (Å²) in [5.41, 5.74) is 2.73. The van der Waals surface area contributed by atoms with Crippen molar-refractivity contribution >= 4 is 22.5 Å². The van der Waals surface area contributed by atoms with E-state index in [1.165, 1.54) is 5.57 Å². The smallest absolute Gasteiger partial charge is 0.226 e. The molecule has 0 aliphatic carbocycles. The molecule has 168 valence electrons. The van der Waals surface area contributed by atoms with Gasteiger partial charge < -0.3 is 19.2 Å². The lowest BCUT2D eigenvalue weighted by molar-refractivity contribution is -0.0572. The molecule has 31 heavy (non-hydrogen) atoms. The highest BCUT2D eigenvalue weighted by Crippen LogP contribution is 2.39. The normalized spacial score (nSPS) is 28.1. The molecule has 0 amide bonds. The van der Waals surface area contributed by atoms with Crippen LogP contribution in [0.25, 0.3) is 16.7 Å². The summed E-state index contributed by atoms with van der Waals surface area (Å²) in [5, 5.41) is 7.85. The second kappa shape index (κ2) is 7.81. The molecule has 0 spiro atoms. The van der Waals surface area contributed by atoms with E-state index in [0.29, 0.717) is 17.7 Å². The van der Waals surface area contributed by atoms with Crippen molar-refractivity contribution in [2.24, 2.45) is 10.9 Å². The lowest BCUT2D eigenvalue weighted by atomic mass is 9.77. The number of nitrogens with zero attached hydrogens (tertiary/aromatic N) is 4. The van der Waals surface area contributed by atoms with Gasteiger partial charge in [0.2, 0.25) is 5.55 Å². The lowest BCUT2D eigenvalue weighted by Gasteiger charge is -2.44. The molecule has 2 N–H and O–H groups in total. The van der Waals surface area contributed by atoms with Crippen LogP contribution in [0.5, 0.6) is 0 Å². The molecule has 5 rings (SSSR count). The fraction of sp³-hybridized carbons (Fsp3) is 0.682. The van der Waals surface area contributed by atoms with Gasteiger partial charge in [0.05, 0.1) is 30.6 Å². The first-order valence-electron chi connectivity index (χ1n) is 11.1. The maximum absolute atomic E-state index is 6.29. The zero-order valence-corrected chi connectivity index (χ0v) is 18.8. The number of hydrogen-bond acceptors (Lipinski definition) is 9. The number of furan rings is 1. The lowest BCUT2D eigenvalue weighted by Crippen LogP contribution is -2.57. The van der Waals surface area contributed by atoms with Gasteiger partial charge in [0.1, 0.15) is 17.5 Å². The minimum Gasteiger partial charge on any atom is -0.432 e. The molecule has 2 unspecified atom stereocenters. The predicted molar refractivity (Wildman–Crippen MR) is 117 cm³/mol. The van der Waals surface area contributed by atoms with Crippen LogP contribution in [0.2, 0.25) is 0 Å². The standard InChI is InChI=1S/C22H32N6O3/c1-21(2)11-14-15(12-30-21)22(3,23-4)27-20-16(14)17-18(31-20)19(26-13-25-17)24-5-6-28-7-9-29-10-8-28/h13,15,23H,5-12H2,1-4H3,(H,24,25,26). The maximum atomic E-state index is 6.29. The van der Waals surface area contributed by atoms with E-state index >= 15 is 0 Å². The van der Waals surface area contributed by atoms with E-state index in [-0.39, 0.29) is 11.5 Å². The van der Waals surface area contributed by atoms with Gasteiger partial charge in [-0.3, -0.25) is 10.2 Å². The van der Waals surface area contributed by atoms with Crippen LogP contribution in [-0.2, 0) is 9.47 Å². The number of ether oxygens (including phenoxy) is 2. The molecular formula is C22H32N6O3. The SMILES string of the molecule is CNC1(C)N=c2oc3c(NCCN4CCOCC4)ncnc3c2=C2CC(C)(C)OCC21. The summed E-state index contributed by atoms with van der Waals surface area (Å²) in [6.45, 7) is 12.2. The molecule has 0 radical (unpaired) electrons. The highest BCUT2D eigenvalue weighted by Gasteiger charge is 2.45. The van der Waals surface area contributed by atoms with E-state index in [0.717, 1.165) is 62.4 Å². The van der Waals surface area contributed by atoms with Gasteiger partial charge >= 0.3 is 0 Å². The summed E-state index contributed by atoms with van der Waals surface area (Å²) in [6, 6.07) is 0. The number of fused-ring (bicyclic) bond motifs is 4. The van der Waals surface area contributed by atoms with Crippen molar-refractivity contribution in [1.29, 1.82) is 0 Å². The Morgan fingerprint density at radius 3 is 2.77 bits per heavy atom. The van der Waals surface area contributed by atoms with E-state index in [2.05, 4.69) is 46.3 Å². The average Bonchev–Trinajstić information content (AvgIpc) is 3.12. The summed E-state index contributed by atoms with van der Waals surface area (Å²) in [4.78, 5) is 16.4. The van der Waals surface area contributed by atoms with Crippen LogP contribution in [0.15, 0.2) is 15.7 Å². The van der Waals surface area contributed by atoms with Gasteiger partial charge in [-0.15, -0.1) is 0 Å². The molecule has 0 aromatic carbocycles. The topological polar surface area (TPSA) is 97.0 Å². The quantitative estimate of drug-likeness (QED) is 0.711. The molecule has 9 heteroatoms. The van der Waals surface area contributed by atoms with Crippen molar-refractivity contribution in [1.82, 2.24) is 20.2 Å². The molecule has 2 saturated heterocycles. The van der Waals surface area contributed by atoms with E-state index < -0.39 is 5.66 Å². The van der Waals surface area contributed by atoms with E-state index in [1.54, 1.807) is 6.33 Å². The van der Waals surface area contributed by atoms with Crippen molar-refractivity contribution in [3.05, 3.63) is 17.1 Å². The van der Waals surface area contributed by atoms with Gasteiger partial charge in [-0.2, -0.15) is 0 Å². The van der Waals surface area contributed by atoms with E-state index in [9.17, 15) is 0 Å². The minimum absolute atomic E-state index is 0.131. The molecule has 2 atom stereocenters. The summed E-state index contributed by atoms with van der Waals surface area (Å²) in [7, 11) is 1.94. The first-order chi connectivity index (χ1) is 14.9. The number of rotatable bonds is 5. The Kier molecular flexibility index (Phi) is 5.24. The maximum Gasteiger partial charge on any atom is 0.226 e. The second-order valence-corrected chi connectivity index (χ2v) is 9.40. The van der Waals surface area contributed by atoms with Gasteiger partial charge in [-0.25, -0.2) is 15.0 Å². The number of nitrogens with one attached hydrogen (secondary N) is 2. The van der Waals surface area contributed by atoms with Crippen molar-refractivity contribution in [2.75, 3.05) is 58.4 Å². The van der Waals surface area contributed by atoms with Crippen LogP contribution in [0.1, 0.15) is 27.2 Å². The summed E-state index contributed by atoms with van der Waals surface area (Å²) in [5.74, 6) is 0.851. The molecule has 0 bridgehead atoms. The summed E-state index contributed by atoms with van der Waals surface area (Å²) >= 11 is 0. The van der Waals surface area contributed by atoms with Gasteiger partial charge in [-0.05, 0) is 39.8 Å². The van der Waals surface area contributed by atoms with Crippen molar-refractivity contribution < 1.29 is 13.9 Å². The molecule has 2 aromatic rings. The molecule has 5 heterocycles. The number of aromatic nitrogens is 2. The summed E-state index contributed by atoms with van der Waals surface area (Å²) < 4.78 is 17.9. The molecule has 3 aliphatic heterocycles. The Balaban J connectivity index is 1.54. The first kappa shape index (κ1) is 20.8. The zero-order valence-electron chi connectivity index (χ0n) is 18.8. The Bertz CT molecular complexity index is 1090. The fourth-order valence-electron chi connectivity index (χ4n) is 4.87. The largest absolute Gasteiger partial charge is 0.432 e. The van der Waals surface area contributed by atoms with Gasteiger partial charge in [-0.1, -0.05) is 0 Å². The van der Waals surface area contributed by atoms with Gasteiger partial charge in [0, 0.05) is 32.1 Å². The predicted octanol–water partition coefficient (Wildman–Crippen LogP) is 0.502. The summed E-state index contributed by atoms with van der Waals surface area (Å²) in [6.07, 6.45) is 2.43. The molecule has 2 aromatic heterocycles. The zero-order chi connectivity index (χ0) is 21.6. The van der Waals surface area contributed by atoms with Crippen LogP contribution in [-0.4, -0.2) is 79.2 Å². The highest BCUT2D eigenvalue weighted by molar-refractivity contribution is 5.85. The van der Waals surface area contributed by atoms with Crippen LogP contribution in [0.3, 0.4) is 0 Å². The number of hydrogen-bond donors (Lipinski definition) is 2. The van der Waals surface area contributed by atoms with Crippen molar-refractivity contribution in [2.45, 2.75) is 38.5 Å². The number of anilines is 1. The first-order valence-corrected chi connectivity index (χ1v) is 11.1. The Hall–Kier alpha value is -2.07. The Morgan fingerprint density at radius 2 is 2.00 bits per heavy atom. The van der Waals surface area contributed by atoms with Crippen LogP contribution in [0.4, 0.5) is 5.82 Å². The molecule has 0 saturated carbocycles. The van der Waals surface area contributed by atoms with Gasteiger partial charge in [0.25, 0.3) is 0 Å². The van der Waals surface area contributed by atoms with Crippen molar-refractivity contribution in [3.63, 3.8) is 0 Å². The van der Waals surface area contributed by atoms with E-state index in [4.69, 9.17) is 18.9 Å². The third-order valence-corrected chi connectivity index (χ3v) is 6.79. The average molecular weight is 429 g/mol. The second-order valence-electron chi connectivity index (χ2n) is 9.40. The third-order valence-electron chi connectivity index (χ3n) is 6.79. The van der Waals surface area contributed by atoms with Crippen LogP contribution >= 0.6 is 0 Å². The Labute approximate surface area is 181 Å². The number of morpholine rings is 1. The monoisotopic (exact) mass is 428 g/mol. The molecule has 3 aliphatic rings. The fourth-order valence-corrected chi connectivity index (χ4v) is 4.87. The third kappa shape index (κ3) is 3.73. The molecular weight excluding hydrogens is 396 g/mol. The van der Waals surface area contributed by atoms with Gasteiger partial charge in [0.15, 0.2) is 11.4 Å². The van der Waals surface area contributed by atoms with Crippen LogP contribution < -0.4 is 21.4 Å². The van der Waals surface area contributed by atoms with E-state index in [1.807, 2.05) is 7.05 Å². The molecule has 2 fully saturated rings. The van der Waals surface area contributed by atoms with Crippen molar-refractivity contribution in [3.8, 4) is 0 Å². The molecule has 9 nitrogen and oxygen atoms in total.